The Hall–Kier alpha value is -7.06. The highest BCUT2D eigenvalue weighted by molar-refractivity contribution is 7.98. The van der Waals surface area contributed by atoms with Crippen molar-refractivity contribution in [2.24, 2.45) is 14.1 Å². The zero-order valence-corrected chi connectivity index (χ0v) is 36.0. The summed E-state index contributed by atoms with van der Waals surface area (Å²) >= 11 is 1.54. The number of aryl methyl sites for hydroxylation is 2. The number of nitrogens with zero attached hydrogens (tertiary/aromatic N) is 10. The molecule has 320 valence electrons. The molecule has 0 saturated carbocycles. The van der Waals surface area contributed by atoms with Gasteiger partial charge >= 0.3 is 12.2 Å². The largest absolute Gasteiger partial charge is 0.445 e. The Morgan fingerprint density at radius 2 is 1.13 bits per heavy atom. The zero-order valence-electron chi connectivity index (χ0n) is 34.4. The molecule has 0 aliphatic heterocycles. The third kappa shape index (κ3) is 10.8. The summed E-state index contributed by atoms with van der Waals surface area (Å²) in [6, 6.07) is 18.9. The molecule has 0 radical (unpaired) electrons. The van der Waals surface area contributed by atoms with Crippen molar-refractivity contribution in [1.82, 2.24) is 58.9 Å². The summed E-state index contributed by atoms with van der Waals surface area (Å²) in [5.74, 6) is 0. The Labute approximate surface area is 361 Å². The van der Waals surface area contributed by atoms with Gasteiger partial charge in [-0.3, -0.25) is 18.2 Å². The van der Waals surface area contributed by atoms with Crippen molar-refractivity contribution < 1.29 is 27.5 Å². The summed E-state index contributed by atoms with van der Waals surface area (Å²) in [7, 11) is 0.0568. The fourth-order valence-electron chi connectivity index (χ4n) is 6.31. The van der Waals surface area contributed by atoms with Crippen LogP contribution in [0.25, 0.3) is 33.8 Å². The van der Waals surface area contributed by atoms with Gasteiger partial charge in [0, 0.05) is 82.2 Å². The van der Waals surface area contributed by atoms with Gasteiger partial charge in [0.1, 0.15) is 18.2 Å². The number of sulfone groups is 1. The fourth-order valence-corrected chi connectivity index (χ4v) is 7.62. The first-order chi connectivity index (χ1) is 29.9. The van der Waals surface area contributed by atoms with E-state index in [-0.39, 0.29) is 30.4 Å². The maximum absolute atomic E-state index is 12.3. The van der Waals surface area contributed by atoms with Crippen molar-refractivity contribution in [3.8, 4) is 22.5 Å². The van der Waals surface area contributed by atoms with Gasteiger partial charge in [0.05, 0.1) is 47.6 Å². The minimum Gasteiger partial charge on any atom is -0.445 e. The lowest BCUT2D eigenvalue weighted by Crippen LogP contribution is -2.26. The molecule has 2 aromatic carbocycles. The highest BCUT2D eigenvalue weighted by atomic mass is 32.2. The van der Waals surface area contributed by atoms with E-state index in [4.69, 9.17) is 9.47 Å². The number of carbonyl (C=O) groups excluding carboxylic acids is 2. The van der Waals surface area contributed by atoms with Gasteiger partial charge in [0.25, 0.3) is 0 Å². The third-order valence-corrected chi connectivity index (χ3v) is 10.9. The van der Waals surface area contributed by atoms with Crippen LogP contribution in [0.15, 0.2) is 120 Å². The first-order valence-electron chi connectivity index (χ1n) is 19.3. The first-order valence-corrected chi connectivity index (χ1v) is 22.4. The highest BCUT2D eigenvalue weighted by Gasteiger charge is 2.21. The molecule has 6 aromatic heterocycles. The predicted molar refractivity (Wildman–Crippen MR) is 232 cm³/mol. The Balaban J connectivity index is 0.000000187. The molecular formula is C42H44N12O6S2. The van der Waals surface area contributed by atoms with E-state index in [1.807, 2.05) is 109 Å². The van der Waals surface area contributed by atoms with E-state index in [9.17, 15) is 18.0 Å². The van der Waals surface area contributed by atoms with Crippen molar-refractivity contribution in [3.05, 3.63) is 133 Å². The van der Waals surface area contributed by atoms with Crippen LogP contribution in [0.1, 0.15) is 22.5 Å². The second kappa shape index (κ2) is 19.5. The lowest BCUT2D eigenvalue weighted by atomic mass is 10.2. The lowest BCUT2D eigenvalue weighted by molar-refractivity contribution is 0.139. The summed E-state index contributed by atoms with van der Waals surface area (Å²) in [4.78, 5) is 41.7. The molecule has 0 unspecified atom stereocenters. The third-order valence-electron chi connectivity index (χ3n) is 9.30. The molecule has 2 N–H and O–H groups in total. The molecule has 0 spiro atoms. The van der Waals surface area contributed by atoms with E-state index in [1.165, 1.54) is 0 Å². The molecule has 8 rings (SSSR count). The number of imidazole rings is 2. The maximum atomic E-state index is 12.3. The Morgan fingerprint density at radius 3 is 1.58 bits per heavy atom. The number of rotatable bonds is 14. The van der Waals surface area contributed by atoms with Crippen LogP contribution in [0.2, 0.25) is 0 Å². The number of hydrogen-bond acceptors (Lipinski definition) is 13. The van der Waals surface area contributed by atoms with Crippen LogP contribution in [-0.4, -0.2) is 94.5 Å². The van der Waals surface area contributed by atoms with E-state index >= 15 is 0 Å². The molecule has 0 saturated heterocycles. The van der Waals surface area contributed by atoms with Crippen LogP contribution >= 0.6 is 11.8 Å². The second-order valence-electron chi connectivity index (χ2n) is 14.0. The molecule has 0 aliphatic carbocycles. The normalized spacial score (nSPS) is 11.3. The molecule has 18 nitrogen and oxygen atoms in total. The number of aromatic nitrogens is 10. The zero-order chi connectivity index (χ0) is 43.6. The molecule has 0 aliphatic rings. The van der Waals surface area contributed by atoms with E-state index < -0.39 is 22.0 Å². The lowest BCUT2D eigenvalue weighted by Gasteiger charge is -2.09. The highest BCUT2D eigenvalue weighted by Crippen LogP contribution is 2.26. The SMILES string of the molecule is CSc1nc(CCNC(=O)OCc2ccccc2)cn2c(-c3cnn(C)c3)cnc12.Cn1cc(-c2cnc3c(S(C)(=O)=O)nc(CCNC(=O)OCc4ccccc4)cn23)cn1. The van der Waals surface area contributed by atoms with Crippen LogP contribution < -0.4 is 10.6 Å². The molecule has 6 heterocycles. The summed E-state index contributed by atoms with van der Waals surface area (Å²) in [5.41, 5.74) is 7.65. The second-order valence-corrected chi connectivity index (χ2v) is 16.7. The summed E-state index contributed by atoms with van der Waals surface area (Å²) in [5, 5.41) is 14.6. The van der Waals surface area contributed by atoms with E-state index in [1.54, 1.807) is 51.2 Å². The quantitative estimate of drug-likeness (QED) is 0.133. The average Bonchev–Trinajstić information content (AvgIpc) is 4.09. The fraction of sp³-hybridized carbons (Fsp3) is 0.238. The number of amides is 2. The Morgan fingerprint density at radius 1 is 0.661 bits per heavy atom. The van der Waals surface area contributed by atoms with E-state index in [0.29, 0.717) is 30.8 Å². The predicted octanol–water partition coefficient (Wildman–Crippen LogP) is 5.32. The number of nitrogens with one attached hydrogen (secondary N) is 2. The van der Waals surface area contributed by atoms with Crippen molar-refractivity contribution >= 4 is 45.1 Å². The van der Waals surface area contributed by atoms with Gasteiger partial charge in [-0.05, 0) is 17.4 Å². The number of thioether (sulfide) groups is 1. The van der Waals surface area contributed by atoms with Gasteiger partial charge in [0.2, 0.25) is 0 Å². The van der Waals surface area contributed by atoms with Gasteiger partial charge < -0.3 is 20.1 Å². The minimum atomic E-state index is -3.62. The van der Waals surface area contributed by atoms with Crippen LogP contribution in [0.5, 0.6) is 0 Å². The van der Waals surface area contributed by atoms with Crippen molar-refractivity contribution in [1.29, 1.82) is 0 Å². The molecule has 20 heteroatoms. The van der Waals surface area contributed by atoms with Gasteiger partial charge in [-0.2, -0.15) is 10.2 Å². The summed E-state index contributed by atoms with van der Waals surface area (Å²) < 4.78 is 42.2. The minimum absolute atomic E-state index is 0.114. The number of fused-ring (bicyclic) bond motifs is 2. The molecule has 0 bridgehead atoms. The number of ether oxygens (including phenoxy) is 2. The summed E-state index contributed by atoms with van der Waals surface area (Å²) in [6.07, 6.45) is 17.3. The monoisotopic (exact) mass is 876 g/mol. The van der Waals surface area contributed by atoms with Gasteiger partial charge in [-0.25, -0.2) is 37.9 Å². The standard InChI is InChI=1S/C21H22N6O4S.C21H22N6O2S/c1-26-12-16(10-24-26)18-11-23-19-20(32(2,29)30)25-17(13-27(18)19)8-9-22-21(28)31-14-15-6-4-3-5-7-15;1-26-12-16(10-24-26)18-11-23-19-20(30-2)25-17(13-27(18)19)8-9-22-21(28)29-14-15-6-4-3-5-7-15/h3-7,10-13H,8-9,14H2,1-2H3,(H,22,28);3-7,10-13H,8-9,14H2,1-2H3,(H,22,28). The van der Waals surface area contributed by atoms with Crippen LogP contribution in [0, 0.1) is 0 Å². The maximum Gasteiger partial charge on any atom is 0.407 e. The van der Waals surface area contributed by atoms with Crippen molar-refractivity contribution in [3.63, 3.8) is 0 Å². The van der Waals surface area contributed by atoms with Crippen molar-refractivity contribution in [2.45, 2.75) is 36.1 Å². The van der Waals surface area contributed by atoms with Gasteiger partial charge in [-0.15, -0.1) is 11.8 Å². The molecule has 2 amide bonds. The molecule has 0 fully saturated rings. The van der Waals surface area contributed by atoms with Crippen LogP contribution in [-0.2, 0) is 59.5 Å². The number of carbonyl (C=O) groups is 2. The van der Waals surface area contributed by atoms with Crippen LogP contribution in [0.4, 0.5) is 9.59 Å². The first kappa shape index (κ1) is 43.0. The topological polar surface area (TPSA) is 207 Å². The van der Waals surface area contributed by atoms with E-state index in [2.05, 4.69) is 40.8 Å². The van der Waals surface area contributed by atoms with Gasteiger partial charge in [0.15, 0.2) is 26.2 Å². The van der Waals surface area contributed by atoms with Gasteiger partial charge in [-0.1, -0.05) is 60.7 Å². The van der Waals surface area contributed by atoms with Crippen molar-refractivity contribution in [2.75, 3.05) is 25.6 Å². The number of alkyl carbamates (subject to hydrolysis) is 2. The smallest absolute Gasteiger partial charge is 0.407 e. The average molecular weight is 877 g/mol. The number of hydrogen-bond donors (Lipinski definition) is 2. The molecular weight excluding hydrogens is 833 g/mol. The number of benzene rings is 2. The Kier molecular flexibility index (Phi) is 13.6. The van der Waals surface area contributed by atoms with E-state index in [0.717, 1.165) is 50.6 Å². The Bertz CT molecular complexity index is 2910. The van der Waals surface area contributed by atoms with Crippen LogP contribution in [0.3, 0.4) is 0 Å². The molecule has 0 atom stereocenters. The molecule has 62 heavy (non-hydrogen) atoms. The molecule has 8 aromatic rings. The summed E-state index contributed by atoms with van der Waals surface area (Å²) in [6.45, 7) is 1.07.